The Morgan fingerprint density at radius 1 is 1.32 bits per heavy atom. The van der Waals surface area contributed by atoms with Crippen molar-refractivity contribution in [1.82, 2.24) is 18.9 Å². The predicted molar refractivity (Wildman–Crippen MR) is 135 cm³/mol. The molecule has 0 amide bonds. The van der Waals surface area contributed by atoms with E-state index in [1.54, 1.807) is 18.5 Å². The zero-order valence-electron chi connectivity index (χ0n) is 18.0. The van der Waals surface area contributed by atoms with Gasteiger partial charge in [0.1, 0.15) is 0 Å². The van der Waals surface area contributed by atoms with Crippen LogP contribution in [0.25, 0.3) is 22.4 Å². The van der Waals surface area contributed by atoms with Crippen LogP contribution in [0, 0.1) is 11.7 Å². The van der Waals surface area contributed by atoms with Gasteiger partial charge >= 0.3 is 5.97 Å². The van der Waals surface area contributed by atoms with Crippen molar-refractivity contribution in [3.05, 3.63) is 35.5 Å². The van der Waals surface area contributed by atoms with Crippen LogP contribution in [-0.4, -0.2) is 36.5 Å². The minimum Gasteiger partial charge on any atom is -0.481 e. The third-order valence-corrected chi connectivity index (χ3v) is 5.18. The van der Waals surface area contributed by atoms with Crippen molar-refractivity contribution in [3.8, 4) is 11.4 Å². The number of rotatable bonds is 6. The molecule has 0 spiro atoms. The molecule has 0 bridgehead atoms. The van der Waals surface area contributed by atoms with Crippen LogP contribution in [0.5, 0.6) is 0 Å². The monoisotopic (exact) mass is 581 g/mol. The Hall–Kier alpha value is -1.66. The Morgan fingerprint density at radius 3 is 2.55 bits per heavy atom. The van der Waals surface area contributed by atoms with E-state index in [9.17, 15) is 9.18 Å². The third-order valence-electron chi connectivity index (χ3n) is 3.27. The van der Waals surface area contributed by atoms with E-state index in [-0.39, 0.29) is 24.6 Å². The number of nitrogens with one attached hydrogen (secondary N) is 1. The normalized spacial score (nSPS) is 10.2. The summed E-state index contributed by atoms with van der Waals surface area (Å²) in [5.74, 6) is -0.566. The average molecular weight is 582 g/mol. The van der Waals surface area contributed by atoms with E-state index in [1.165, 1.54) is 9.12 Å². The number of aromatic nitrogens is 4. The summed E-state index contributed by atoms with van der Waals surface area (Å²) in [6, 6.07) is 1.74. The first-order chi connectivity index (χ1) is 14.7. The van der Waals surface area contributed by atoms with E-state index < -0.39 is 11.8 Å². The zero-order valence-corrected chi connectivity index (χ0v) is 21.7. The smallest absolute Gasteiger partial charge is 0.305 e. The molecule has 3 aromatic rings. The average Bonchev–Trinajstić information content (AvgIpc) is 3.08. The summed E-state index contributed by atoms with van der Waals surface area (Å²) in [6.45, 7) is 10.6. The van der Waals surface area contributed by atoms with E-state index in [0.29, 0.717) is 16.2 Å². The van der Waals surface area contributed by atoms with Crippen LogP contribution in [0.3, 0.4) is 0 Å². The quantitative estimate of drug-likeness (QED) is 0.313. The Morgan fingerprint density at radius 2 is 1.97 bits per heavy atom. The number of carboxylic acid groups (broad SMARTS) is 1. The minimum absolute atomic E-state index is 0.0516. The summed E-state index contributed by atoms with van der Waals surface area (Å²) >= 11 is 8.15. The highest BCUT2D eigenvalue weighted by atomic mass is 127. The number of fused-ring (bicyclic) bond motifs is 1. The minimum atomic E-state index is -0.981. The SMILES string of the molecule is CC.CC(C)C.O=C(O)CCNc1nc(-c2cn(SI)c3ncc(Cl)cc23)ncc1F. The summed E-state index contributed by atoms with van der Waals surface area (Å²) in [5.41, 5.74) is 1.34. The number of nitrogens with zero attached hydrogens (tertiary/aromatic N) is 4. The van der Waals surface area contributed by atoms with E-state index in [2.05, 4.69) is 62.2 Å². The van der Waals surface area contributed by atoms with Crippen molar-refractivity contribution in [3.63, 3.8) is 0 Å². The Labute approximate surface area is 202 Å². The standard InChI is InChI=1S/C14H10ClFIN5O2S.C4H10.C2H6/c15-7-3-8-9(6-22(25-17)14(8)20-4-7)12-19-5-10(16)13(21-12)18-2-1-11(23)24;1-4(2)3;1-2/h3-6H,1-2H2,(H,23,24)(H,18,19,21);4H,1-3H3;1-2H3. The van der Waals surface area contributed by atoms with Crippen LogP contribution in [0.1, 0.15) is 41.0 Å². The summed E-state index contributed by atoms with van der Waals surface area (Å²) in [5, 5.41) is 12.5. The number of aliphatic carboxylic acids is 1. The molecule has 0 aliphatic rings. The third kappa shape index (κ3) is 8.41. The van der Waals surface area contributed by atoms with Gasteiger partial charge in [-0.2, -0.15) is 0 Å². The fourth-order valence-corrected chi connectivity index (χ4v) is 3.61. The fourth-order valence-electron chi connectivity index (χ4n) is 2.19. The molecule has 11 heteroatoms. The van der Waals surface area contributed by atoms with Crippen LogP contribution in [0.15, 0.2) is 24.7 Å². The molecule has 0 aromatic carbocycles. The van der Waals surface area contributed by atoms with E-state index in [0.717, 1.165) is 17.5 Å². The highest BCUT2D eigenvalue weighted by Gasteiger charge is 2.16. The number of hydrogen-bond donors (Lipinski definition) is 2. The second kappa shape index (κ2) is 13.7. The van der Waals surface area contributed by atoms with Crippen molar-refractivity contribution in [2.75, 3.05) is 11.9 Å². The number of pyridine rings is 1. The molecule has 3 rings (SSSR count). The van der Waals surface area contributed by atoms with Gasteiger partial charge in [-0.15, -0.1) is 0 Å². The lowest BCUT2D eigenvalue weighted by molar-refractivity contribution is -0.136. The van der Waals surface area contributed by atoms with E-state index in [4.69, 9.17) is 16.7 Å². The molecule has 0 saturated heterocycles. The molecule has 0 radical (unpaired) electrons. The second-order valence-electron chi connectivity index (χ2n) is 6.65. The molecule has 0 unspecified atom stereocenters. The first kappa shape index (κ1) is 27.4. The molecule has 7 nitrogen and oxygen atoms in total. The lowest BCUT2D eigenvalue weighted by Gasteiger charge is -2.06. The maximum absolute atomic E-state index is 13.9. The molecular formula is C20H26ClFIN5O2S. The van der Waals surface area contributed by atoms with Crippen LogP contribution in [0.4, 0.5) is 10.2 Å². The number of carboxylic acids is 1. The van der Waals surface area contributed by atoms with Crippen molar-refractivity contribution in [2.45, 2.75) is 41.0 Å². The van der Waals surface area contributed by atoms with Gasteiger partial charge in [0.05, 0.1) is 17.6 Å². The van der Waals surface area contributed by atoms with Crippen molar-refractivity contribution in [2.24, 2.45) is 5.92 Å². The Bertz CT molecular complexity index is 1000. The Balaban J connectivity index is 0.000000720. The summed E-state index contributed by atoms with van der Waals surface area (Å²) in [7, 11) is 1.41. The molecule has 0 saturated carbocycles. The first-order valence-electron chi connectivity index (χ1n) is 9.67. The van der Waals surface area contributed by atoms with Gasteiger partial charge in [-0.1, -0.05) is 46.2 Å². The molecule has 2 N–H and O–H groups in total. The zero-order chi connectivity index (χ0) is 23.6. The predicted octanol–water partition coefficient (Wildman–Crippen LogP) is 6.71. The summed E-state index contributed by atoms with van der Waals surface area (Å²) in [4.78, 5) is 23.1. The van der Waals surface area contributed by atoms with Gasteiger partial charge in [0, 0.05) is 60.2 Å². The van der Waals surface area contributed by atoms with Gasteiger partial charge in [0.15, 0.2) is 23.1 Å². The molecule has 0 aliphatic carbocycles. The maximum Gasteiger partial charge on any atom is 0.305 e. The van der Waals surface area contributed by atoms with Gasteiger partial charge in [-0.05, 0) is 12.0 Å². The molecule has 170 valence electrons. The molecule has 3 aromatic heterocycles. The van der Waals surface area contributed by atoms with Crippen LogP contribution in [-0.2, 0) is 4.79 Å². The lowest BCUT2D eigenvalue weighted by atomic mass is 10.2. The lowest BCUT2D eigenvalue weighted by Crippen LogP contribution is -2.10. The van der Waals surface area contributed by atoms with Crippen molar-refractivity contribution >= 4 is 64.7 Å². The Kier molecular flexibility index (Phi) is 12.1. The molecule has 0 atom stereocenters. The molecule has 31 heavy (non-hydrogen) atoms. The van der Waals surface area contributed by atoms with Gasteiger partial charge in [0.2, 0.25) is 0 Å². The highest BCUT2D eigenvalue weighted by Crippen LogP contribution is 2.33. The van der Waals surface area contributed by atoms with Crippen molar-refractivity contribution < 1.29 is 14.3 Å². The van der Waals surface area contributed by atoms with Crippen LogP contribution in [0.2, 0.25) is 5.02 Å². The molecular weight excluding hydrogens is 556 g/mol. The number of hydrogen-bond acceptors (Lipinski definition) is 6. The maximum atomic E-state index is 13.9. The number of carbonyl (C=O) groups is 1. The topological polar surface area (TPSA) is 92.9 Å². The first-order valence-corrected chi connectivity index (χ1v) is 13.4. The summed E-state index contributed by atoms with van der Waals surface area (Å²) in [6.07, 6.45) is 4.23. The van der Waals surface area contributed by atoms with E-state index >= 15 is 0 Å². The van der Waals surface area contributed by atoms with Gasteiger partial charge in [-0.25, -0.2) is 19.3 Å². The largest absolute Gasteiger partial charge is 0.481 e. The summed E-state index contributed by atoms with van der Waals surface area (Å²) < 4.78 is 15.7. The van der Waals surface area contributed by atoms with Crippen LogP contribution < -0.4 is 5.32 Å². The van der Waals surface area contributed by atoms with E-state index in [1.807, 2.05) is 17.8 Å². The van der Waals surface area contributed by atoms with Crippen LogP contribution >= 0.6 is 41.9 Å². The van der Waals surface area contributed by atoms with Gasteiger partial charge < -0.3 is 10.4 Å². The fraction of sp³-hybridized carbons (Fsp3) is 0.400. The number of anilines is 1. The van der Waals surface area contributed by atoms with Crippen molar-refractivity contribution in [1.29, 1.82) is 0 Å². The second-order valence-corrected chi connectivity index (χ2v) is 8.80. The molecule has 3 heterocycles. The highest BCUT2D eigenvalue weighted by molar-refractivity contribution is 14.2. The molecule has 0 aliphatic heterocycles. The number of halogens is 3. The molecule has 0 fully saturated rings. The van der Waals surface area contributed by atoms with Gasteiger partial charge in [0.25, 0.3) is 0 Å². The van der Waals surface area contributed by atoms with Gasteiger partial charge in [-0.3, -0.25) is 8.77 Å².